The van der Waals surface area contributed by atoms with Crippen LogP contribution in [0.1, 0.15) is 21.9 Å². The van der Waals surface area contributed by atoms with Gasteiger partial charge in [0, 0.05) is 6.20 Å². The number of carbonyl (C=O) groups excluding carboxylic acids is 1. The van der Waals surface area contributed by atoms with Gasteiger partial charge in [0.2, 0.25) is 0 Å². The maximum atomic E-state index is 12.3. The molecular weight excluding hydrogens is 265 g/mol. The number of alkyl halides is 3. The standard InChI is InChI=1S/C9H7F3N6O/c10-9(11,12)6-2-1-5(3-13-6)8(19)14-4-7-15-17-18-16-7/h1-3H,4H2,(H,14,19)(H,15,16,17,18). The van der Waals surface area contributed by atoms with Crippen LogP contribution in [0.25, 0.3) is 0 Å². The molecular formula is C9H7F3N6O. The molecule has 0 atom stereocenters. The monoisotopic (exact) mass is 272 g/mol. The van der Waals surface area contributed by atoms with Crippen LogP contribution in [-0.2, 0) is 12.7 Å². The molecule has 0 saturated carbocycles. The van der Waals surface area contributed by atoms with E-state index >= 15 is 0 Å². The van der Waals surface area contributed by atoms with Gasteiger partial charge in [0.25, 0.3) is 5.91 Å². The van der Waals surface area contributed by atoms with Gasteiger partial charge in [-0.15, -0.1) is 10.2 Å². The molecule has 0 aliphatic heterocycles. The van der Waals surface area contributed by atoms with Gasteiger partial charge in [-0.05, 0) is 12.1 Å². The van der Waals surface area contributed by atoms with Crippen molar-refractivity contribution in [2.24, 2.45) is 0 Å². The third-order valence-electron chi connectivity index (χ3n) is 2.11. The number of tetrazole rings is 1. The van der Waals surface area contributed by atoms with Gasteiger partial charge in [-0.3, -0.25) is 9.78 Å². The Morgan fingerprint density at radius 3 is 2.68 bits per heavy atom. The topological polar surface area (TPSA) is 96.5 Å². The molecule has 0 bridgehead atoms. The molecule has 0 unspecified atom stereocenters. The van der Waals surface area contributed by atoms with Crippen molar-refractivity contribution in [3.05, 3.63) is 35.4 Å². The fourth-order valence-electron chi connectivity index (χ4n) is 1.21. The Hall–Kier alpha value is -2.52. The first-order chi connectivity index (χ1) is 8.97. The first-order valence-electron chi connectivity index (χ1n) is 5.00. The van der Waals surface area contributed by atoms with Gasteiger partial charge >= 0.3 is 6.18 Å². The highest BCUT2D eigenvalue weighted by Gasteiger charge is 2.32. The van der Waals surface area contributed by atoms with E-state index in [-0.39, 0.29) is 17.9 Å². The molecule has 0 spiro atoms. The smallest absolute Gasteiger partial charge is 0.345 e. The van der Waals surface area contributed by atoms with E-state index in [2.05, 4.69) is 30.9 Å². The number of carbonyl (C=O) groups is 1. The van der Waals surface area contributed by atoms with Crippen LogP contribution in [0.2, 0.25) is 0 Å². The van der Waals surface area contributed by atoms with Crippen molar-refractivity contribution >= 4 is 5.91 Å². The SMILES string of the molecule is O=C(NCc1nn[nH]n1)c1ccc(C(F)(F)F)nc1. The lowest BCUT2D eigenvalue weighted by Gasteiger charge is -2.06. The largest absolute Gasteiger partial charge is 0.433 e. The fourth-order valence-corrected chi connectivity index (χ4v) is 1.21. The zero-order valence-electron chi connectivity index (χ0n) is 9.27. The Kier molecular flexibility index (Phi) is 3.40. The van der Waals surface area contributed by atoms with E-state index in [1.807, 2.05) is 0 Å². The highest BCUT2D eigenvalue weighted by atomic mass is 19.4. The molecule has 2 aromatic heterocycles. The van der Waals surface area contributed by atoms with Gasteiger partial charge in [0.1, 0.15) is 5.69 Å². The first-order valence-corrected chi connectivity index (χ1v) is 5.00. The van der Waals surface area contributed by atoms with Gasteiger partial charge in [-0.2, -0.15) is 18.4 Å². The van der Waals surface area contributed by atoms with Crippen LogP contribution in [0.5, 0.6) is 0 Å². The highest BCUT2D eigenvalue weighted by Crippen LogP contribution is 2.27. The number of aromatic amines is 1. The second kappa shape index (κ2) is 5.00. The van der Waals surface area contributed by atoms with Crippen LogP contribution in [0, 0.1) is 0 Å². The molecule has 0 saturated heterocycles. The number of nitrogens with one attached hydrogen (secondary N) is 2. The number of hydrogen-bond donors (Lipinski definition) is 2. The van der Waals surface area contributed by atoms with Gasteiger partial charge in [-0.1, -0.05) is 5.21 Å². The van der Waals surface area contributed by atoms with Crippen LogP contribution in [0.4, 0.5) is 13.2 Å². The van der Waals surface area contributed by atoms with E-state index in [0.717, 1.165) is 18.3 Å². The molecule has 2 aromatic rings. The minimum absolute atomic E-state index is 0.0103. The third kappa shape index (κ3) is 3.24. The van der Waals surface area contributed by atoms with Crippen molar-refractivity contribution in [3.8, 4) is 0 Å². The molecule has 2 heterocycles. The predicted molar refractivity (Wildman–Crippen MR) is 54.6 cm³/mol. The van der Waals surface area contributed by atoms with Crippen LogP contribution >= 0.6 is 0 Å². The maximum Gasteiger partial charge on any atom is 0.433 e. The number of nitrogens with zero attached hydrogens (tertiary/aromatic N) is 4. The van der Waals surface area contributed by atoms with E-state index < -0.39 is 17.8 Å². The molecule has 1 amide bonds. The lowest BCUT2D eigenvalue weighted by molar-refractivity contribution is -0.141. The number of pyridine rings is 1. The molecule has 19 heavy (non-hydrogen) atoms. The quantitative estimate of drug-likeness (QED) is 0.850. The summed E-state index contributed by atoms with van der Waals surface area (Å²) in [5.41, 5.74) is -1.04. The summed E-state index contributed by atoms with van der Waals surface area (Å²) in [4.78, 5) is 14.8. The number of H-pyrrole nitrogens is 1. The second-order valence-electron chi connectivity index (χ2n) is 3.44. The highest BCUT2D eigenvalue weighted by molar-refractivity contribution is 5.93. The molecule has 10 heteroatoms. The first kappa shape index (κ1) is 12.9. The van der Waals surface area contributed by atoms with Gasteiger partial charge < -0.3 is 5.32 Å². The van der Waals surface area contributed by atoms with Gasteiger partial charge in [-0.25, -0.2) is 0 Å². The van der Waals surface area contributed by atoms with Crippen LogP contribution < -0.4 is 5.32 Å². The third-order valence-corrected chi connectivity index (χ3v) is 2.11. The zero-order chi connectivity index (χ0) is 13.9. The zero-order valence-corrected chi connectivity index (χ0v) is 9.27. The number of rotatable bonds is 3. The molecule has 7 nitrogen and oxygen atoms in total. The Labute approximate surface area is 104 Å². The molecule has 0 fully saturated rings. The summed E-state index contributed by atoms with van der Waals surface area (Å²) in [5, 5.41) is 15.1. The number of hydrogen-bond acceptors (Lipinski definition) is 5. The minimum atomic E-state index is -4.53. The molecule has 0 radical (unpaired) electrons. The van der Waals surface area contributed by atoms with E-state index in [1.165, 1.54) is 0 Å². The van der Waals surface area contributed by atoms with E-state index in [0.29, 0.717) is 0 Å². The Morgan fingerprint density at radius 2 is 2.16 bits per heavy atom. The molecule has 0 aromatic carbocycles. The summed E-state index contributed by atoms with van der Waals surface area (Å²) in [6.07, 6.45) is -3.67. The summed E-state index contributed by atoms with van der Waals surface area (Å²) in [6.45, 7) is 0.0103. The van der Waals surface area contributed by atoms with E-state index in [1.54, 1.807) is 0 Å². The Balaban J connectivity index is 2.00. The summed E-state index contributed by atoms with van der Waals surface area (Å²) in [5.74, 6) is -0.320. The average Bonchev–Trinajstić information content (AvgIpc) is 2.88. The van der Waals surface area contributed by atoms with E-state index in [9.17, 15) is 18.0 Å². The van der Waals surface area contributed by atoms with Crippen molar-refractivity contribution in [1.29, 1.82) is 0 Å². The summed E-state index contributed by atoms with van der Waals surface area (Å²) < 4.78 is 36.8. The normalized spacial score (nSPS) is 11.3. The van der Waals surface area contributed by atoms with Crippen molar-refractivity contribution in [2.75, 3.05) is 0 Å². The molecule has 2 rings (SSSR count). The second-order valence-corrected chi connectivity index (χ2v) is 3.44. The van der Waals surface area contributed by atoms with Gasteiger partial charge in [0.15, 0.2) is 5.82 Å². The number of amides is 1. The van der Waals surface area contributed by atoms with Gasteiger partial charge in [0.05, 0.1) is 12.1 Å². The van der Waals surface area contributed by atoms with Crippen LogP contribution in [-0.4, -0.2) is 31.5 Å². The van der Waals surface area contributed by atoms with Crippen molar-refractivity contribution < 1.29 is 18.0 Å². The number of aromatic nitrogens is 5. The fraction of sp³-hybridized carbons (Fsp3) is 0.222. The molecule has 100 valence electrons. The average molecular weight is 272 g/mol. The lowest BCUT2D eigenvalue weighted by Crippen LogP contribution is -2.24. The Morgan fingerprint density at radius 1 is 1.37 bits per heavy atom. The maximum absolute atomic E-state index is 12.3. The van der Waals surface area contributed by atoms with Crippen LogP contribution in [0.15, 0.2) is 18.3 Å². The van der Waals surface area contributed by atoms with Crippen molar-refractivity contribution in [1.82, 2.24) is 30.9 Å². The summed E-state index contributed by atoms with van der Waals surface area (Å²) >= 11 is 0. The summed E-state index contributed by atoms with van der Waals surface area (Å²) in [7, 11) is 0. The lowest BCUT2D eigenvalue weighted by atomic mass is 10.2. The molecule has 0 aliphatic carbocycles. The van der Waals surface area contributed by atoms with E-state index in [4.69, 9.17) is 0 Å². The minimum Gasteiger partial charge on any atom is -0.345 e. The van der Waals surface area contributed by atoms with Crippen molar-refractivity contribution in [3.63, 3.8) is 0 Å². The predicted octanol–water partition coefficient (Wildman–Crippen LogP) is 0.543. The summed E-state index contributed by atoms with van der Waals surface area (Å²) in [6, 6.07) is 1.78. The molecule has 2 N–H and O–H groups in total. The molecule has 0 aliphatic rings. The Bertz CT molecular complexity index is 550. The van der Waals surface area contributed by atoms with Crippen molar-refractivity contribution in [2.45, 2.75) is 12.7 Å². The van der Waals surface area contributed by atoms with Crippen LogP contribution in [0.3, 0.4) is 0 Å². The number of halogens is 3.